The van der Waals surface area contributed by atoms with Crippen LogP contribution < -0.4 is 0 Å². The van der Waals surface area contributed by atoms with E-state index < -0.39 is 23.6 Å². The third-order valence-corrected chi connectivity index (χ3v) is 5.81. The summed E-state index contributed by atoms with van der Waals surface area (Å²) in [5.41, 5.74) is 2.14. The number of carboxylic acids is 1. The summed E-state index contributed by atoms with van der Waals surface area (Å²) in [7, 11) is 0. The monoisotopic (exact) mass is 463 g/mol. The van der Waals surface area contributed by atoms with E-state index in [1.54, 1.807) is 12.1 Å². The maximum Gasteiger partial charge on any atom is 0.416 e. The van der Waals surface area contributed by atoms with Crippen LogP contribution in [0.5, 0.6) is 0 Å². The van der Waals surface area contributed by atoms with Crippen LogP contribution >= 0.6 is 0 Å². The van der Waals surface area contributed by atoms with Crippen LogP contribution in [0.4, 0.5) is 13.2 Å². The van der Waals surface area contributed by atoms with Crippen LogP contribution in [0.25, 0.3) is 33.3 Å². The van der Waals surface area contributed by atoms with Crippen molar-refractivity contribution in [2.24, 2.45) is 5.92 Å². The lowest BCUT2D eigenvalue weighted by Crippen LogP contribution is -2.14. The Balaban J connectivity index is 1.87. The van der Waals surface area contributed by atoms with Crippen molar-refractivity contribution in [3.05, 3.63) is 90.0 Å². The molecule has 1 aromatic heterocycles. The van der Waals surface area contributed by atoms with Gasteiger partial charge in [0.2, 0.25) is 0 Å². The van der Waals surface area contributed by atoms with Crippen molar-refractivity contribution in [2.45, 2.75) is 32.4 Å². The zero-order chi connectivity index (χ0) is 24.5. The van der Waals surface area contributed by atoms with Gasteiger partial charge >= 0.3 is 12.1 Å². The molecule has 0 aliphatic heterocycles. The highest BCUT2D eigenvalue weighted by molar-refractivity contribution is 5.87. The molecule has 0 amide bonds. The van der Waals surface area contributed by atoms with Gasteiger partial charge in [0, 0.05) is 11.1 Å². The van der Waals surface area contributed by atoms with E-state index in [0.717, 1.165) is 28.5 Å². The molecule has 0 radical (unpaired) electrons. The average Bonchev–Trinajstić information content (AvgIpc) is 2.81. The van der Waals surface area contributed by atoms with Crippen LogP contribution in [0.2, 0.25) is 0 Å². The number of carboxylic acid groups (broad SMARTS) is 1. The highest BCUT2D eigenvalue weighted by Crippen LogP contribution is 2.34. The number of halogens is 3. The fourth-order valence-electron chi connectivity index (χ4n) is 4.08. The van der Waals surface area contributed by atoms with Gasteiger partial charge in [0.25, 0.3) is 0 Å². The van der Waals surface area contributed by atoms with Gasteiger partial charge in [-0.05, 0) is 59.0 Å². The Bertz CT molecular complexity index is 1330. The molecular formula is C28H24F3NO2. The van der Waals surface area contributed by atoms with E-state index in [0.29, 0.717) is 28.9 Å². The van der Waals surface area contributed by atoms with Gasteiger partial charge in [-0.25, -0.2) is 4.98 Å². The zero-order valence-corrected chi connectivity index (χ0v) is 18.8. The predicted molar refractivity (Wildman–Crippen MR) is 127 cm³/mol. The molecule has 4 aromatic rings. The number of benzene rings is 3. The maximum absolute atomic E-state index is 13.0. The molecule has 0 fully saturated rings. The second-order valence-electron chi connectivity index (χ2n) is 8.83. The van der Waals surface area contributed by atoms with E-state index in [4.69, 9.17) is 4.98 Å². The lowest BCUT2D eigenvalue weighted by atomic mass is 9.88. The van der Waals surface area contributed by atoms with Crippen molar-refractivity contribution in [2.75, 3.05) is 0 Å². The topological polar surface area (TPSA) is 50.2 Å². The molecule has 0 saturated heterocycles. The molecular weight excluding hydrogens is 439 g/mol. The number of aliphatic carboxylic acids is 1. The summed E-state index contributed by atoms with van der Waals surface area (Å²) in [6.07, 6.45) is -4.00. The second kappa shape index (κ2) is 9.29. The molecule has 1 N–H and O–H groups in total. The third-order valence-electron chi connectivity index (χ3n) is 5.81. The maximum atomic E-state index is 13.0. The number of fused-ring (bicyclic) bond motifs is 1. The Morgan fingerprint density at radius 2 is 1.44 bits per heavy atom. The van der Waals surface area contributed by atoms with Crippen molar-refractivity contribution >= 4 is 16.7 Å². The molecule has 1 unspecified atom stereocenters. The Hall–Kier alpha value is -3.67. The van der Waals surface area contributed by atoms with Crippen LogP contribution in [0.3, 0.4) is 0 Å². The van der Waals surface area contributed by atoms with Crippen LogP contribution in [-0.4, -0.2) is 16.1 Å². The first-order valence-electron chi connectivity index (χ1n) is 11.0. The van der Waals surface area contributed by atoms with Crippen molar-refractivity contribution in [3.8, 4) is 22.5 Å². The Kier molecular flexibility index (Phi) is 6.42. The number of nitrogens with zero attached hydrogens (tertiary/aromatic N) is 1. The van der Waals surface area contributed by atoms with Crippen LogP contribution in [0.15, 0.2) is 78.9 Å². The summed E-state index contributed by atoms with van der Waals surface area (Å²) >= 11 is 0. The van der Waals surface area contributed by atoms with Crippen molar-refractivity contribution in [3.63, 3.8) is 0 Å². The third kappa shape index (κ3) is 5.11. The van der Waals surface area contributed by atoms with Crippen LogP contribution in [0.1, 0.15) is 37.3 Å². The largest absolute Gasteiger partial charge is 0.481 e. The van der Waals surface area contributed by atoms with Crippen molar-refractivity contribution in [1.29, 1.82) is 0 Å². The zero-order valence-electron chi connectivity index (χ0n) is 18.8. The molecule has 0 bridgehead atoms. The van der Waals surface area contributed by atoms with Gasteiger partial charge in [-0.2, -0.15) is 13.2 Å². The lowest BCUT2D eigenvalue weighted by molar-refractivity contribution is -0.139. The normalized spacial score (nSPS) is 12.8. The van der Waals surface area contributed by atoms with Gasteiger partial charge in [0.15, 0.2) is 0 Å². The Morgan fingerprint density at radius 1 is 0.853 bits per heavy atom. The molecule has 0 spiro atoms. The summed E-state index contributed by atoms with van der Waals surface area (Å²) in [6.45, 7) is 3.91. The highest BCUT2D eigenvalue weighted by Gasteiger charge is 2.30. The van der Waals surface area contributed by atoms with Crippen molar-refractivity contribution in [1.82, 2.24) is 4.98 Å². The minimum absolute atomic E-state index is 0.146. The van der Waals surface area contributed by atoms with Crippen molar-refractivity contribution < 1.29 is 23.1 Å². The molecule has 174 valence electrons. The lowest BCUT2D eigenvalue weighted by Gasteiger charge is -2.18. The van der Waals surface area contributed by atoms with Gasteiger partial charge in [-0.15, -0.1) is 0 Å². The van der Waals surface area contributed by atoms with Gasteiger partial charge in [0.05, 0.1) is 22.9 Å². The van der Waals surface area contributed by atoms with Gasteiger partial charge in [0.1, 0.15) is 0 Å². The molecule has 0 saturated carbocycles. The predicted octanol–water partition coefficient (Wildman–Crippen LogP) is 7.80. The van der Waals surface area contributed by atoms with E-state index in [2.05, 4.69) is 0 Å². The molecule has 6 heteroatoms. The number of carbonyl (C=O) groups is 1. The van der Waals surface area contributed by atoms with Gasteiger partial charge in [-0.1, -0.05) is 62.4 Å². The molecule has 4 rings (SSSR count). The molecule has 0 aliphatic carbocycles. The number of alkyl halides is 3. The first-order valence-corrected chi connectivity index (χ1v) is 11.0. The standard InChI is InChI=1S/C28H24F3NO2/c1-17(2)13-24(27(33)34)22-15-25(19-9-11-23(12-10-19)28(29,30)31)32-26(16-22)21-8-7-18-5-3-4-6-20(18)14-21/h3-12,14-17,24H,13H2,1-2H3,(H,33,34). The SMILES string of the molecule is CC(C)CC(C(=O)O)c1cc(-c2ccc(C(F)(F)F)cc2)nc(-c2ccc3ccccc3c2)c1. The summed E-state index contributed by atoms with van der Waals surface area (Å²) in [5.74, 6) is -1.55. The number of hydrogen-bond donors (Lipinski definition) is 1. The Labute approximate surface area is 195 Å². The van der Waals surface area contributed by atoms with Crippen LogP contribution in [-0.2, 0) is 11.0 Å². The number of rotatable bonds is 6. The molecule has 0 aliphatic rings. The van der Waals surface area contributed by atoms with Crippen LogP contribution in [0, 0.1) is 5.92 Å². The smallest absolute Gasteiger partial charge is 0.416 e. The number of aromatic nitrogens is 1. The van der Waals surface area contributed by atoms with E-state index in [9.17, 15) is 23.1 Å². The number of pyridine rings is 1. The first kappa shape index (κ1) is 23.5. The van der Waals surface area contributed by atoms with E-state index in [1.807, 2.05) is 56.3 Å². The summed E-state index contributed by atoms with van der Waals surface area (Å²) < 4.78 is 39.1. The molecule has 1 atom stereocenters. The van der Waals surface area contributed by atoms with Gasteiger partial charge < -0.3 is 5.11 Å². The minimum Gasteiger partial charge on any atom is -0.481 e. The number of hydrogen-bond acceptors (Lipinski definition) is 2. The van der Waals surface area contributed by atoms with E-state index >= 15 is 0 Å². The van der Waals surface area contributed by atoms with E-state index in [1.165, 1.54) is 12.1 Å². The minimum atomic E-state index is -4.43. The average molecular weight is 463 g/mol. The summed E-state index contributed by atoms with van der Waals surface area (Å²) in [4.78, 5) is 16.8. The Morgan fingerprint density at radius 3 is 2.03 bits per heavy atom. The van der Waals surface area contributed by atoms with Gasteiger partial charge in [-0.3, -0.25) is 4.79 Å². The van der Waals surface area contributed by atoms with E-state index in [-0.39, 0.29) is 5.92 Å². The second-order valence-corrected chi connectivity index (χ2v) is 8.83. The molecule has 3 nitrogen and oxygen atoms in total. The quantitative estimate of drug-likeness (QED) is 0.317. The molecule has 3 aromatic carbocycles. The summed E-state index contributed by atoms with van der Waals surface area (Å²) in [5, 5.41) is 12.0. The highest BCUT2D eigenvalue weighted by atomic mass is 19.4. The fourth-order valence-corrected chi connectivity index (χ4v) is 4.08. The fraction of sp³-hybridized carbons (Fsp3) is 0.214. The molecule has 34 heavy (non-hydrogen) atoms. The summed E-state index contributed by atoms with van der Waals surface area (Å²) in [6, 6.07) is 22.0. The molecule has 1 heterocycles. The first-order chi connectivity index (χ1) is 16.1.